The second-order valence-corrected chi connectivity index (χ2v) is 6.55. The molecule has 0 saturated heterocycles. The fraction of sp³-hybridized carbons (Fsp3) is 0.200. The van der Waals surface area contributed by atoms with Crippen LogP contribution in [0.25, 0.3) is 21.8 Å². The van der Waals surface area contributed by atoms with E-state index in [-0.39, 0.29) is 0 Å². The molecule has 0 amide bonds. The zero-order valence-corrected chi connectivity index (χ0v) is 13.7. The molecule has 0 aliphatic heterocycles. The molecule has 3 rings (SSSR count). The topological polar surface area (TPSA) is 4.93 Å². The number of rotatable bonds is 0. The van der Waals surface area contributed by atoms with Crippen molar-refractivity contribution < 1.29 is 0 Å². The Balaban J connectivity index is 2.67. The summed E-state index contributed by atoms with van der Waals surface area (Å²) in [6, 6.07) is 8.85. The molecule has 0 N–H and O–H groups in total. The van der Waals surface area contributed by atoms with E-state index in [1.165, 1.54) is 32.9 Å². The Bertz CT molecular complexity index is 719. The Labute approximate surface area is 123 Å². The summed E-state index contributed by atoms with van der Waals surface area (Å²) >= 11 is 7.37. The number of aromatic nitrogens is 1. The Kier molecular flexibility index (Phi) is 2.79. The molecule has 0 spiro atoms. The molecule has 0 saturated carbocycles. The summed E-state index contributed by atoms with van der Waals surface area (Å²) in [4.78, 5) is 0. The molecule has 1 aromatic heterocycles. The van der Waals surface area contributed by atoms with Crippen LogP contribution in [-0.4, -0.2) is 4.57 Å². The molecule has 0 fully saturated rings. The van der Waals surface area contributed by atoms with E-state index in [0.29, 0.717) is 0 Å². The highest BCUT2D eigenvalue weighted by Crippen LogP contribution is 2.37. The highest BCUT2D eigenvalue weighted by Gasteiger charge is 2.14. The van der Waals surface area contributed by atoms with E-state index in [9.17, 15) is 0 Å². The second kappa shape index (κ2) is 4.10. The van der Waals surface area contributed by atoms with Gasteiger partial charge in [0, 0.05) is 26.8 Å². The second-order valence-electron chi connectivity index (χ2n) is 4.84. The van der Waals surface area contributed by atoms with Gasteiger partial charge in [-0.3, -0.25) is 0 Å². The lowest BCUT2D eigenvalue weighted by Crippen LogP contribution is -1.89. The summed E-state index contributed by atoms with van der Waals surface area (Å²) in [5.74, 6) is 0. The quantitative estimate of drug-likeness (QED) is 0.496. The summed E-state index contributed by atoms with van der Waals surface area (Å²) in [7, 11) is 2.12. The fourth-order valence-corrected chi connectivity index (χ4v) is 4.35. The summed E-state index contributed by atoms with van der Waals surface area (Å²) in [5.41, 5.74) is 5.06. The number of benzene rings is 2. The Morgan fingerprint density at radius 3 is 1.56 bits per heavy atom. The molecule has 3 heteroatoms. The van der Waals surface area contributed by atoms with Crippen LogP contribution in [0.3, 0.4) is 0 Å². The average molecular weight is 367 g/mol. The Morgan fingerprint density at radius 1 is 0.778 bits per heavy atom. The first-order valence-corrected chi connectivity index (χ1v) is 7.42. The third kappa shape index (κ3) is 1.64. The number of fused-ring (bicyclic) bond motifs is 3. The molecule has 0 atom stereocenters. The number of hydrogen-bond acceptors (Lipinski definition) is 0. The first kappa shape index (κ1) is 12.2. The van der Waals surface area contributed by atoms with Crippen LogP contribution in [0, 0.1) is 13.8 Å². The van der Waals surface area contributed by atoms with Crippen molar-refractivity contribution >= 4 is 53.7 Å². The third-order valence-corrected chi connectivity index (χ3v) is 4.59. The van der Waals surface area contributed by atoms with E-state index in [1.807, 2.05) is 0 Å². The lowest BCUT2D eigenvalue weighted by atomic mass is 10.1. The SMILES string of the molecule is Cc1cc(Br)c2c(c1)c1cc(C)cc(Br)c1n2C. The van der Waals surface area contributed by atoms with E-state index in [0.717, 1.165) is 8.95 Å². The van der Waals surface area contributed by atoms with Crippen LogP contribution < -0.4 is 0 Å². The summed E-state index contributed by atoms with van der Waals surface area (Å²) in [6.07, 6.45) is 0. The Morgan fingerprint density at radius 2 is 1.17 bits per heavy atom. The van der Waals surface area contributed by atoms with Crippen LogP contribution in [0.1, 0.15) is 11.1 Å². The molecular formula is C15H13Br2N. The molecule has 18 heavy (non-hydrogen) atoms. The van der Waals surface area contributed by atoms with Crippen molar-refractivity contribution in [3.63, 3.8) is 0 Å². The van der Waals surface area contributed by atoms with Crippen molar-refractivity contribution in [2.45, 2.75) is 13.8 Å². The molecule has 0 aliphatic rings. The molecule has 0 radical (unpaired) electrons. The van der Waals surface area contributed by atoms with Gasteiger partial charge in [-0.05, 0) is 81.1 Å². The lowest BCUT2D eigenvalue weighted by molar-refractivity contribution is 1.01. The standard InChI is InChI=1S/C15H13Br2N/c1-8-4-10-11-5-9(2)7-13(17)15(11)18(3)14(10)12(16)6-8/h4-7H,1-3H3. The zero-order chi connectivity index (χ0) is 13.0. The van der Waals surface area contributed by atoms with Gasteiger partial charge in [-0.2, -0.15) is 0 Å². The van der Waals surface area contributed by atoms with Crippen molar-refractivity contribution in [1.82, 2.24) is 4.57 Å². The van der Waals surface area contributed by atoms with Gasteiger partial charge in [0.1, 0.15) is 0 Å². The fourth-order valence-electron chi connectivity index (χ4n) is 2.67. The first-order valence-electron chi connectivity index (χ1n) is 5.83. The molecule has 1 heterocycles. The van der Waals surface area contributed by atoms with Gasteiger partial charge in [0.25, 0.3) is 0 Å². The maximum atomic E-state index is 3.68. The average Bonchev–Trinajstić information content (AvgIpc) is 2.52. The minimum atomic E-state index is 1.15. The van der Waals surface area contributed by atoms with Crippen LogP contribution >= 0.6 is 31.9 Å². The predicted molar refractivity (Wildman–Crippen MR) is 85.3 cm³/mol. The normalized spacial score (nSPS) is 11.6. The number of nitrogens with zero attached hydrogens (tertiary/aromatic N) is 1. The van der Waals surface area contributed by atoms with E-state index in [2.05, 4.69) is 81.6 Å². The van der Waals surface area contributed by atoms with E-state index >= 15 is 0 Å². The molecular weight excluding hydrogens is 354 g/mol. The molecule has 1 nitrogen and oxygen atoms in total. The van der Waals surface area contributed by atoms with Gasteiger partial charge in [0.05, 0.1) is 11.0 Å². The maximum Gasteiger partial charge on any atom is 0.0633 e. The molecule has 2 aromatic carbocycles. The number of aryl methyl sites for hydroxylation is 3. The lowest BCUT2D eigenvalue weighted by Gasteiger charge is -2.03. The smallest absolute Gasteiger partial charge is 0.0633 e. The number of halogens is 2. The van der Waals surface area contributed by atoms with Gasteiger partial charge in [0.15, 0.2) is 0 Å². The van der Waals surface area contributed by atoms with E-state index < -0.39 is 0 Å². The molecule has 92 valence electrons. The zero-order valence-electron chi connectivity index (χ0n) is 10.5. The van der Waals surface area contributed by atoms with Gasteiger partial charge in [-0.25, -0.2) is 0 Å². The van der Waals surface area contributed by atoms with Crippen LogP contribution in [0.2, 0.25) is 0 Å². The van der Waals surface area contributed by atoms with Gasteiger partial charge in [-0.1, -0.05) is 0 Å². The molecule has 0 aliphatic carbocycles. The molecule has 0 bridgehead atoms. The largest absolute Gasteiger partial charge is 0.342 e. The summed E-state index contributed by atoms with van der Waals surface area (Å²) < 4.78 is 4.55. The van der Waals surface area contributed by atoms with Crippen LogP contribution in [0.4, 0.5) is 0 Å². The first-order chi connectivity index (χ1) is 8.49. The third-order valence-electron chi connectivity index (χ3n) is 3.38. The molecule has 3 aromatic rings. The van der Waals surface area contributed by atoms with Gasteiger partial charge >= 0.3 is 0 Å². The van der Waals surface area contributed by atoms with Crippen LogP contribution in [-0.2, 0) is 7.05 Å². The van der Waals surface area contributed by atoms with Gasteiger partial charge in [0.2, 0.25) is 0 Å². The van der Waals surface area contributed by atoms with Crippen molar-refractivity contribution in [2.75, 3.05) is 0 Å². The van der Waals surface area contributed by atoms with Gasteiger partial charge < -0.3 is 4.57 Å². The predicted octanol–water partition coefficient (Wildman–Crippen LogP) is 5.47. The molecule has 0 unspecified atom stereocenters. The summed E-state index contributed by atoms with van der Waals surface area (Å²) in [6.45, 7) is 4.27. The minimum Gasteiger partial charge on any atom is -0.342 e. The monoisotopic (exact) mass is 365 g/mol. The summed E-state index contributed by atoms with van der Waals surface area (Å²) in [5, 5.41) is 2.62. The Hall–Kier alpha value is -0.800. The van der Waals surface area contributed by atoms with Crippen LogP contribution in [0.15, 0.2) is 33.2 Å². The highest BCUT2D eigenvalue weighted by molar-refractivity contribution is 9.11. The van der Waals surface area contributed by atoms with E-state index in [4.69, 9.17) is 0 Å². The highest BCUT2D eigenvalue weighted by atomic mass is 79.9. The van der Waals surface area contributed by atoms with Crippen molar-refractivity contribution in [2.24, 2.45) is 7.05 Å². The van der Waals surface area contributed by atoms with Crippen molar-refractivity contribution in [3.8, 4) is 0 Å². The van der Waals surface area contributed by atoms with Crippen molar-refractivity contribution in [3.05, 3.63) is 44.3 Å². The maximum absolute atomic E-state index is 3.68. The minimum absolute atomic E-state index is 1.15. The van der Waals surface area contributed by atoms with Crippen LogP contribution in [0.5, 0.6) is 0 Å². The number of hydrogen-bond donors (Lipinski definition) is 0. The van der Waals surface area contributed by atoms with Gasteiger partial charge in [-0.15, -0.1) is 0 Å². The van der Waals surface area contributed by atoms with E-state index in [1.54, 1.807) is 0 Å². The van der Waals surface area contributed by atoms with Crippen molar-refractivity contribution in [1.29, 1.82) is 0 Å².